The summed E-state index contributed by atoms with van der Waals surface area (Å²) in [5, 5.41) is 12.7. The van der Waals surface area contributed by atoms with Crippen molar-refractivity contribution in [1.82, 2.24) is 5.32 Å². The van der Waals surface area contributed by atoms with Crippen LogP contribution in [0.1, 0.15) is 23.6 Å². The van der Waals surface area contributed by atoms with Gasteiger partial charge in [0.05, 0.1) is 32.3 Å². The zero-order valence-corrected chi connectivity index (χ0v) is 23.7. The number of imide groups is 2. The summed E-state index contributed by atoms with van der Waals surface area (Å²) in [6.07, 6.45) is -3.67. The number of nitro benzene ring substituents is 1. The van der Waals surface area contributed by atoms with E-state index in [1.165, 1.54) is 30.3 Å². The average Bonchev–Trinajstić information content (AvgIpc) is 2.91. The van der Waals surface area contributed by atoms with Gasteiger partial charge in [-0.25, -0.2) is 9.69 Å². The lowest BCUT2D eigenvalue weighted by molar-refractivity contribution is -0.384. The molecular weight excluding hydrogens is 651 g/mol. The zero-order chi connectivity index (χ0) is 30.8. The number of rotatable bonds is 8. The topological polar surface area (TPSA) is 128 Å². The Balaban J connectivity index is 1.68. The van der Waals surface area contributed by atoms with Gasteiger partial charge in [0, 0.05) is 12.1 Å². The Kier molecular flexibility index (Phi) is 8.87. The first-order valence-electron chi connectivity index (χ1n) is 11.9. The van der Waals surface area contributed by atoms with Crippen LogP contribution < -0.4 is 19.7 Å². The summed E-state index contributed by atoms with van der Waals surface area (Å²) in [5.74, 6) is -1.88. The van der Waals surface area contributed by atoms with Crippen LogP contribution in [0, 0.1) is 10.1 Å². The van der Waals surface area contributed by atoms with Gasteiger partial charge in [0.1, 0.15) is 12.2 Å². The highest BCUT2D eigenvalue weighted by atomic mass is 79.9. The highest BCUT2D eigenvalue weighted by Crippen LogP contribution is 2.39. The van der Waals surface area contributed by atoms with E-state index in [1.807, 2.05) is 5.32 Å². The summed E-state index contributed by atoms with van der Waals surface area (Å²) in [4.78, 5) is 49.3. The van der Waals surface area contributed by atoms with Gasteiger partial charge < -0.3 is 9.47 Å². The molecule has 3 aromatic carbocycles. The molecule has 0 bridgehead atoms. The monoisotopic (exact) mass is 667 g/mol. The zero-order valence-electron chi connectivity index (χ0n) is 21.3. The largest absolute Gasteiger partial charge is 0.490 e. The molecule has 218 valence electrons. The van der Waals surface area contributed by atoms with Crippen LogP contribution in [-0.2, 0) is 22.4 Å². The van der Waals surface area contributed by atoms with E-state index in [0.717, 1.165) is 12.1 Å². The lowest BCUT2D eigenvalue weighted by Crippen LogP contribution is -2.54. The number of carbonyl (C=O) groups is 3. The molecule has 3 aromatic rings. The number of carbonyl (C=O) groups excluding carboxylic acids is 3. The van der Waals surface area contributed by atoms with Gasteiger partial charge in [-0.1, -0.05) is 23.7 Å². The molecule has 15 heteroatoms. The second-order valence-corrected chi connectivity index (χ2v) is 9.86. The van der Waals surface area contributed by atoms with Crippen LogP contribution in [0.2, 0.25) is 5.02 Å². The molecule has 1 N–H and O–H groups in total. The number of urea groups is 1. The van der Waals surface area contributed by atoms with Crippen LogP contribution >= 0.6 is 27.5 Å². The van der Waals surface area contributed by atoms with Gasteiger partial charge in [-0.2, -0.15) is 13.2 Å². The highest BCUT2D eigenvalue weighted by Gasteiger charge is 2.39. The third-order valence-electron chi connectivity index (χ3n) is 5.76. The minimum atomic E-state index is -4.79. The van der Waals surface area contributed by atoms with Crippen molar-refractivity contribution in [2.75, 3.05) is 11.5 Å². The van der Waals surface area contributed by atoms with E-state index >= 15 is 0 Å². The van der Waals surface area contributed by atoms with Crippen molar-refractivity contribution >= 4 is 62.8 Å². The van der Waals surface area contributed by atoms with Crippen molar-refractivity contribution in [2.45, 2.75) is 19.7 Å². The maximum absolute atomic E-state index is 13.3. The Labute approximate surface area is 248 Å². The van der Waals surface area contributed by atoms with Crippen LogP contribution in [0.15, 0.2) is 64.6 Å². The summed E-state index contributed by atoms with van der Waals surface area (Å²) in [6, 6.07) is 9.58. The van der Waals surface area contributed by atoms with Gasteiger partial charge in [-0.3, -0.25) is 25.0 Å². The van der Waals surface area contributed by atoms with E-state index in [9.17, 15) is 37.7 Å². The van der Waals surface area contributed by atoms with Gasteiger partial charge in [0.15, 0.2) is 11.5 Å². The second-order valence-electron chi connectivity index (χ2n) is 8.60. The summed E-state index contributed by atoms with van der Waals surface area (Å²) >= 11 is 9.38. The molecule has 0 aromatic heterocycles. The first-order valence-corrected chi connectivity index (χ1v) is 13.1. The predicted molar refractivity (Wildman–Crippen MR) is 148 cm³/mol. The minimum Gasteiger partial charge on any atom is -0.490 e. The molecule has 0 unspecified atom stereocenters. The summed E-state index contributed by atoms with van der Waals surface area (Å²) < 4.78 is 51.7. The molecule has 0 spiro atoms. The average molecular weight is 669 g/mol. The van der Waals surface area contributed by atoms with Crippen molar-refractivity contribution < 1.29 is 42.0 Å². The molecule has 1 aliphatic rings. The van der Waals surface area contributed by atoms with Crippen LogP contribution in [0.5, 0.6) is 11.5 Å². The highest BCUT2D eigenvalue weighted by molar-refractivity contribution is 9.10. The van der Waals surface area contributed by atoms with Crippen LogP contribution in [0.25, 0.3) is 6.08 Å². The first kappa shape index (κ1) is 30.5. The molecule has 4 amide bonds. The minimum absolute atomic E-state index is 0.0590. The van der Waals surface area contributed by atoms with Gasteiger partial charge in [-0.15, -0.1) is 0 Å². The fourth-order valence-electron chi connectivity index (χ4n) is 3.89. The van der Waals surface area contributed by atoms with Gasteiger partial charge in [0.2, 0.25) is 0 Å². The van der Waals surface area contributed by atoms with Crippen LogP contribution in [-0.4, -0.2) is 29.4 Å². The third kappa shape index (κ3) is 6.55. The van der Waals surface area contributed by atoms with Gasteiger partial charge in [0.25, 0.3) is 17.5 Å². The number of benzene rings is 3. The number of barbiturate groups is 1. The van der Waals surface area contributed by atoms with E-state index in [-0.39, 0.29) is 41.0 Å². The molecule has 1 heterocycles. The van der Waals surface area contributed by atoms with Crippen LogP contribution in [0.4, 0.5) is 29.3 Å². The molecule has 0 saturated carbocycles. The standard InChI is InChI=1S/C27H18BrClF3N3O7/c1-2-41-22-11-15(10-19(28)23(22)42-13-14-4-3-5-17(8-14)35(39)40)9-18-24(36)33-26(38)34(25(18)37)21-12-16(27(30,31)32)6-7-20(21)29/h3-12H,2,13H2,1H3,(H,33,36,38)/b18-9-. The number of ether oxygens (including phenoxy) is 2. The molecule has 1 saturated heterocycles. The summed E-state index contributed by atoms with van der Waals surface area (Å²) in [7, 11) is 0. The molecule has 1 aliphatic heterocycles. The SMILES string of the molecule is CCOc1cc(/C=C2/C(=O)NC(=O)N(c3cc(C(F)(F)F)ccc3Cl)C2=O)cc(Br)c1OCc1cccc([N+](=O)[O-])c1. The van der Waals surface area contributed by atoms with Crippen molar-refractivity contribution in [3.63, 3.8) is 0 Å². The number of nitro groups is 1. The summed E-state index contributed by atoms with van der Waals surface area (Å²) in [6.45, 7) is 1.83. The number of hydrogen-bond donors (Lipinski definition) is 1. The molecular formula is C27H18BrClF3N3O7. The van der Waals surface area contributed by atoms with Crippen LogP contribution in [0.3, 0.4) is 0 Å². The van der Waals surface area contributed by atoms with E-state index in [1.54, 1.807) is 13.0 Å². The number of non-ortho nitro benzene ring substituents is 1. The fraction of sp³-hybridized carbons (Fsp3) is 0.148. The molecule has 4 rings (SSSR count). The van der Waals surface area contributed by atoms with E-state index in [2.05, 4.69) is 15.9 Å². The molecule has 10 nitrogen and oxygen atoms in total. The number of nitrogens with one attached hydrogen (secondary N) is 1. The molecule has 0 atom stereocenters. The van der Waals surface area contributed by atoms with Crippen molar-refractivity contribution in [1.29, 1.82) is 0 Å². The lowest BCUT2D eigenvalue weighted by Gasteiger charge is -2.27. The summed E-state index contributed by atoms with van der Waals surface area (Å²) in [5.41, 5.74) is -1.66. The first-order chi connectivity index (χ1) is 19.8. The van der Waals surface area contributed by atoms with E-state index in [4.69, 9.17) is 21.1 Å². The smallest absolute Gasteiger partial charge is 0.416 e. The lowest BCUT2D eigenvalue weighted by atomic mass is 10.1. The predicted octanol–water partition coefficient (Wildman–Crippen LogP) is 6.67. The second kappa shape index (κ2) is 12.2. The number of hydrogen-bond acceptors (Lipinski definition) is 7. The van der Waals surface area contributed by atoms with E-state index < -0.39 is 45.8 Å². The Hall–Kier alpha value is -4.43. The number of amides is 4. The van der Waals surface area contributed by atoms with Gasteiger partial charge in [-0.05, 0) is 70.4 Å². The normalized spacial score (nSPS) is 14.7. The van der Waals surface area contributed by atoms with Crippen molar-refractivity contribution in [3.05, 3.63) is 96.5 Å². The number of alkyl halides is 3. The van der Waals surface area contributed by atoms with Gasteiger partial charge >= 0.3 is 12.2 Å². The van der Waals surface area contributed by atoms with Crippen molar-refractivity contribution in [2.24, 2.45) is 0 Å². The maximum Gasteiger partial charge on any atom is 0.416 e. The molecule has 1 fully saturated rings. The maximum atomic E-state index is 13.3. The molecule has 42 heavy (non-hydrogen) atoms. The fourth-order valence-corrected chi connectivity index (χ4v) is 4.67. The molecule has 0 aliphatic carbocycles. The number of nitrogens with zero attached hydrogens (tertiary/aromatic N) is 2. The molecule has 0 radical (unpaired) electrons. The Morgan fingerprint density at radius 2 is 1.83 bits per heavy atom. The number of anilines is 1. The quantitative estimate of drug-likeness (QED) is 0.123. The third-order valence-corrected chi connectivity index (χ3v) is 6.67. The van der Waals surface area contributed by atoms with Crippen molar-refractivity contribution in [3.8, 4) is 11.5 Å². The Morgan fingerprint density at radius 1 is 1.10 bits per heavy atom. The Morgan fingerprint density at radius 3 is 2.50 bits per heavy atom. The van der Waals surface area contributed by atoms with E-state index in [0.29, 0.717) is 27.1 Å². The number of halogens is 5. The Bertz CT molecular complexity index is 1650.